The minimum absolute atomic E-state index is 0.0629. The first kappa shape index (κ1) is 14.2. The summed E-state index contributed by atoms with van der Waals surface area (Å²) in [5.41, 5.74) is 0.422. The lowest BCUT2D eigenvalue weighted by Crippen LogP contribution is -2.56. The number of rotatable bonds is 2. The van der Waals surface area contributed by atoms with E-state index in [9.17, 15) is 9.59 Å². The molecule has 0 bridgehead atoms. The molecule has 1 spiro atoms. The molecule has 0 saturated carbocycles. The predicted molar refractivity (Wildman–Crippen MR) is 79.9 cm³/mol. The van der Waals surface area contributed by atoms with Gasteiger partial charge in [-0.15, -0.1) is 0 Å². The fourth-order valence-corrected chi connectivity index (χ4v) is 3.76. The molecule has 21 heavy (non-hydrogen) atoms. The number of likely N-dealkylation sites (tertiary alicyclic amines) is 2. The van der Waals surface area contributed by atoms with Gasteiger partial charge in [-0.3, -0.25) is 9.59 Å². The van der Waals surface area contributed by atoms with Crippen molar-refractivity contribution in [2.45, 2.75) is 38.1 Å². The minimum Gasteiger partial charge on any atom is -0.347 e. The van der Waals surface area contributed by atoms with Crippen molar-refractivity contribution in [1.29, 1.82) is 0 Å². The van der Waals surface area contributed by atoms with E-state index in [0.29, 0.717) is 18.7 Å². The molecule has 5 nitrogen and oxygen atoms in total. The van der Waals surface area contributed by atoms with Crippen LogP contribution in [0, 0.1) is 0 Å². The molecule has 3 rings (SSSR count). The van der Waals surface area contributed by atoms with Crippen molar-refractivity contribution in [2.24, 2.45) is 7.05 Å². The average Bonchev–Trinajstić information content (AvgIpc) is 3.03. The number of hydrogen-bond acceptors (Lipinski definition) is 2. The molecule has 1 aromatic rings. The Kier molecular flexibility index (Phi) is 3.51. The summed E-state index contributed by atoms with van der Waals surface area (Å²) < 4.78 is 1.86. The zero-order valence-corrected chi connectivity index (χ0v) is 12.8. The topological polar surface area (TPSA) is 45.5 Å². The van der Waals surface area contributed by atoms with E-state index in [1.807, 2.05) is 46.7 Å². The van der Waals surface area contributed by atoms with Gasteiger partial charge < -0.3 is 14.4 Å². The first-order chi connectivity index (χ1) is 10.1. The quantitative estimate of drug-likeness (QED) is 0.831. The molecule has 1 atom stereocenters. The molecule has 2 aliphatic rings. The van der Waals surface area contributed by atoms with Crippen LogP contribution in [0.5, 0.6) is 0 Å². The Bertz CT molecular complexity index is 566. The SMILES string of the molecule is CCN1C[C@]2(CCCCN2C(=O)c2cccn2C)CC1=O. The second-order valence-corrected chi connectivity index (χ2v) is 6.23. The number of likely N-dealkylation sites (N-methyl/N-ethyl adjacent to an activating group) is 1. The Morgan fingerprint density at radius 2 is 2.19 bits per heavy atom. The summed E-state index contributed by atoms with van der Waals surface area (Å²) in [6.45, 7) is 4.18. The van der Waals surface area contributed by atoms with Crippen LogP contribution in [0.4, 0.5) is 0 Å². The van der Waals surface area contributed by atoms with E-state index in [2.05, 4.69) is 0 Å². The van der Waals surface area contributed by atoms with Crippen LogP contribution in [0.15, 0.2) is 18.3 Å². The molecule has 2 fully saturated rings. The normalized spacial score (nSPS) is 25.9. The Balaban J connectivity index is 1.91. The van der Waals surface area contributed by atoms with E-state index in [1.165, 1.54) is 0 Å². The number of hydrogen-bond donors (Lipinski definition) is 0. The van der Waals surface area contributed by atoms with Crippen molar-refractivity contribution in [2.75, 3.05) is 19.6 Å². The van der Waals surface area contributed by atoms with Crippen molar-refractivity contribution < 1.29 is 9.59 Å². The first-order valence-corrected chi connectivity index (χ1v) is 7.78. The highest BCUT2D eigenvalue weighted by Crippen LogP contribution is 2.38. The fourth-order valence-electron chi connectivity index (χ4n) is 3.76. The third-order valence-corrected chi connectivity index (χ3v) is 4.95. The average molecular weight is 289 g/mol. The lowest BCUT2D eigenvalue weighted by atomic mass is 9.85. The monoisotopic (exact) mass is 289 g/mol. The molecule has 0 aromatic carbocycles. The van der Waals surface area contributed by atoms with Crippen molar-refractivity contribution in [3.63, 3.8) is 0 Å². The van der Waals surface area contributed by atoms with Crippen molar-refractivity contribution in [3.8, 4) is 0 Å². The zero-order valence-electron chi connectivity index (χ0n) is 12.8. The molecule has 5 heteroatoms. The summed E-state index contributed by atoms with van der Waals surface area (Å²) in [5, 5.41) is 0. The minimum atomic E-state index is -0.285. The number of piperidine rings is 1. The Morgan fingerprint density at radius 3 is 2.81 bits per heavy atom. The molecule has 0 N–H and O–H groups in total. The molecule has 2 saturated heterocycles. The van der Waals surface area contributed by atoms with E-state index >= 15 is 0 Å². The molecule has 1 aromatic heterocycles. The van der Waals surface area contributed by atoms with Crippen molar-refractivity contribution in [1.82, 2.24) is 14.4 Å². The van der Waals surface area contributed by atoms with Crippen molar-refractivity contribution in [3.05, 3.63) is 24.0 Å². The molecule has 0 aliphatic carbocycles. The van der Waals surface area contributed by atoms with Crippen LogP contribution in [0.3, 0.4) is 0 Å². The van der Waals surface area contributed by atoms with Gasteiger partial charge in [0, 0.05) is 32.9 Å². The van der Waals surface area contributed by atoms with Gasteiger partial charge in [-0.2, -0.15) is 0 Å². The van der Waals surface area contributed by atoms with Gasteiger partial charge in [0.25, 0.3) is 5.91 Å². The van der Waals surface area contributed by atoms with Crippen LogP contribution < -0.4 is 0 Å². The standard InChI is InChI=1S/C16H23N3O2/c1-3-18-12-16(11-14(18)20)8-4-5-10-19(16)15(21)13-7-6-9-17(13)2/h6-7,9H,3-5,8,10-12H2,1-2H3/t16-/m0/s1. The smallest absolute Gasteiger partial charge is 0.271 e. The second-order valence-electron chi connectivity index (χ2n) is 6.23. The molecule has 0 radical (unpaired) electrons. The third kappa shape index (κ3) is 2.24. The van der Waals surface area contributed by atoms with Gasteiger partial charge in [-0.25, -0.2) is 0 Å². The summed E-state index contributed by atoms with van der Waals surface area (Å²) in [4.78, 5) is 29.0. The van der Waals surface area contributed by atoms with Gasteiger partial charge >= 0.3 is 0 Å². The van der Waals surface area contributed by atoms with E-state index in [4.69, 9.17) is 0 Å². The molecule has 2 amide bonds. The van der Waals surface area contributed by atoms with E-state index < -0.39 is 0 Å². The zero-order chi connectivity index (χ0) is 15.0. The third-order valence-electron chi connectivity index (χ3n) is 4.95. The van der Waals surface area contributed by atoms with Crippen molar-refractivity contribution >= 4 is 11.8 Å². The number of carbonyl (C=O) groups is 2. The van der Waals surface area contributed by atoms with Crippen LogP contribution in [-0.4, -0.2) is 51.4 Å². The summed E-state index contributed by atoms with van der Waals surface area (Å²) in [5.74, 6) is 0.247. The van der Waals surface area contributed by atoms with Crippen LogP contribution in [0.2, 0.25) is 0 Å². The Morgan fingerprint density at radius 1 is 1.38 bits per heavy atom. The summed E-state index contributed by atoms with van der Waals surface area (Å²) in [7, 11) is 1.89. The van der Waals surface area contributed by atoms with Gasteiger partial charge in [0.15, 0.2) is 0 Å². The molecule has 2 aliphatic heterocycles. The summed E-state index contributed by atoms with van der Waals surface area (Å²) >= 11 is 0. The fraction of sp³-hybridized carbons (Fsp3) is 0.625. The van der Waals surface area contributed by atoms with Gasteiger partial charge in [0.2, 0.25) is 5.91 Å². The van der Waals surface area contributed by atoms with Gasteiger partial charge in [0.1, 0.15) is 5.69 Å². The largest absolute Gasteiger partial charge is 0.347 e. The number of aryl methyl sites for hydroxylation is 1. The number of aromatic nitrogens is 1. The maximum Gasteiger partial charge on any atom is 0.271 e. The Hall–Kier alpha value is -1.78. The maximum absolute atomic E-state index is 12.9. The number of amides is 2. The molecular formula is C16H23N3O2. The highest BCUT2D eigenvalue weighted by Gasteiger charge is 2.49. The van der Waals surface area contributed by atoms with Gasteiger partial charge in [0.05, 0.1) is 12.0 Å². The molecule has 114 valence electrons. The van der Waals surface area contributed by atoms with E-state index in [1.54, 1.807) is 0 Å². The predicted octanol–water partition coefficient (Wildman–Crippen LogP) is 1.64. The van der Waals surface area contributed by atoms with Crippen LogP contribution in [0.25, 0.3) is 0 Å². The van der Waals surface area contributed by atoms with Crippen LogP contribution >= 0.6 is 0 Å². The molecular weight excluding hydrogens is 266 g/mol. The highest BCUT2D eigenvalue weighted by atomic mass is 16.2. The summed E-state index contributed by atoms with van der Waals surface area (Å²) in [6.07, 6.45) is 5.43. The lowest BCUT2D eigenvalue weighted by Gasteiger charge is -2.44. The van der Waals surface area contributed by atoms with E-state index in [-0.39, 0.29) is 17.4 Å². The van der Waals surface area contributed by atoms with E-state index in [0.717, 1.165) is 32.4 Å². The van der Waals surface area contributed by atoms with Crippen LogP contribution in [0.1, 0.15) is 43.1 Å². The highest BCUT2D eigenvalue weighted by molar-refractivity contribution is 5.94. The molecule has 0 unspecified atom stereocenters. The van der Waals surface area contributed by atoms with Crippen LogP contribution in [-0.2, 0) is 11.8 Å². The second kappa shape index (κ2) is 5.20. The van der Waals surface area contributed by atoms with Gasteiger partial charge in [-0.1, -0.05) is 0 Å². The Labute approximate surface area is 125 Å². The maximum atomic E-state index is 12.9. The number of carbonyl (C=O) groups excluding carboxylic acids is 2. The molecule has 3 heterocycles. The lowest BCUT2D eigenvalue weighted by molar-refractivity contribution is -0.127. The summed E-state index contributed by atoms with van der Waals surface area (Å²) in [6, 6.07) is 3.75. The number of nitrogens with zero attached hydrogens (tertiary/aromatic N) is 3. The first-order valence-electron chi connectivity index (χ1n) is 7.78. The van der Waals surface area contributed by atoms with Gasteiger partial charge in [-0.05, 0) is 38.3 Å².